The number of pyridine rings is 1. The molecule has 1 heterocycles. The summed E-state index contributed by atoms with van der Waals surface area (Å²) in [6.45, 7) is 7.61. The minimum Gasteiger partial charge on any atom is -0.598 e. The summed E-state index contributed by atoms with van der Waals surface area (Å²) in [5.74, 6) is 0.0882. The van der Waals surface area contributed by atoms with Gasteiger partial charge in [0.2, 0.25) is 0 Å². The Morgan fingerprint density at radius 3 is 2.41 bits per heavy atom. The van der Waals surface area contributed by atoms with Crippen molar-refractivity contribution in [3.05, 3.63) is 23.5 Å². The molecule has 1 aromatic heterocycles. The van der Waals surface area contributed by atoms with Gasteiger partial charge in [-0.25, -0.2) is 0 Å². The lowest BCUT2D eigenvalue weighted by Crippen LogP contribution is -2.40. The first-order valence-electron chi connectivity index (χ1n) is 6.74. The summed E-state index contributed by atoms with van der Waals surface area (Å²) in [5, 5.41) is 0. The molecule has 0 aliphatic carbocycles. The van der Waals surface area contributed by atoms with Gasteiger partial charge in [0, 0.05) is 11.4 Å². The summed E-state index contributed by atoms with van der Waals surface area (Å²) in [7, 11) is 0. The Morgan fingerprint density at radius 1 is 1.36 bits per heavy atom. The zero-order valence-electron chi connectivity index (χ0n) is 13.2. The fourth-order valence-corrected chi connectivity index (χ4v) is 2.31. The van der Waals surface area contributed by atoms with E-state index in [1.165, 1.54) is 6.20 Å². The van der Waals surface area contributed by atoms with Crippen LogP contribution in [0.2, 0.25) is 0 Å². The molecule has 1 aromatic rings. The van der Waals surface area contributed by atoms with Crippen LogP contribution in [0.3, 0.4) is 0 Å². The van der Waals surface area contributed by atoms with Gasteiger partial charge in [-0.1, -0.05) is 0 Å². The second kappa shape index (κ2) is 7.06. The number of hydrogen-bond acceptors (Lipinski definition) is 4. The van der Waals surface area contributed by atoms with Crippen molar-refractivity contribution in [3.8, 4) is 5.75 Å². The first-order valence-corrected chi connectivity index (χ1v) is 7.89. The predicted molar refractivity (Wildman–Crippen MR) is 80.0 cm³/mol. The zero-order chi connectivity index (χ0) is 17.1. The van der Waals surface area contributed by atoms with E-state index in [0.29, 0.717) is 11.3 Å². The number of rotatable bonds is 5. The summed E-state index contributed by atoms with van der Waals surface area (Å²) >= 11 is -1.27. The number of aromatic nitrogens is 1. The average molecular weight is 338 g/mol. The molecule has 0 fully saturated rings. The predicted octanol–water partition coefficient (Wildman–Crippen LogP) is 3.44. The van der Waals surface area contributed by atoms with Crippen LogP contribution in [-0.4, -0.2) is 27.1 Å². The van der Waals surface area contributed by atoms with Crippen LogP contribution < -0.4 is 9.46 Å². The quantitative estimate of drug-likeness (QED) is 0.836. The van der Waals surface area contributed by atoms with Crippen molar-refractivity contribution >= 4 is 11.4 Å². The Labute approximate surface area is 131 Å². The molecule has 2 atom stereocenters. The first kappa shape index (κ1) is 19.1. The van der Waals surface area contributed by atoms with Crippen LogP contribution in [0.1, 0.15) is 45.0 Å². The number of ether oxygens (including phenoxy) is 1. The first-order chi connectivity index (χ1) is 9.90. The molecule has 0 aliphatic rings. The van der Waals surface area contributed by atoms with Crippen molar-refractivity contribution in [3.63, 3.8) is 0 Å². The fourth-order valence-electron chi connectivity index (χ4n) is 1.51. The highest BCUT2D eigenvalue weighted by Crippen LogP contribution is 2.24. The van der Waals surface area contributed by atoms with E-state index < -0.39 is 28.9 Å². The minimum absolute atomic E-state index is 0.0882. The van der Waals surface area contributed by atoms with Gasteiger partial charge >= 0.3 is 6.18 Å². The molecule has 4 nitrogen and oxygen atoms in total. The van der Waals surface area contributed by atoms with Crippen molar-refractivity contribution in [1.29, 1.82) is 0 Å². The maximum Gasteiger partial charge on any atom is 0.422 e. The molecule has 0 amide bonds. The summed E-state index contributed by atoms with van der Waals surface area (Å²) < 4.78 is 55.7. The molecule has 0 saturated heterocycles. The standard InChI is InChI=1S/C14H21F3N2O2S/c1-9-6-11(10(2)19-22(20)13(3,4)5)18-7-12(9)21-8-14(15,16)17/h6-7,10,19H,8H2,1-5H3/t10?,22-/m1/s1. The largest absolute Gasteiger partial charge is 0.598 e. The van der Waals surface area contributed by atoms with Gasteiger partial charge in [-0.3, -0.25) is 4.98 Å². The topological polar surface area (TPSA) is 57.2 Å². The smallest absolute Gasteiger partial charge is 0.422 e. The number of alkyl halides is 3. The lowest BCUT2D eigenvalue weighted by atomic mass is 10.1. The second-order valence-corrected chi connectivity index (χ2v) is 8.00. The van der Waals surface area contributed by atoms with Crippen LogP contribution in [-0.2, 0) is 11.4 Å². The zero-order valence-corrected chi connectivity index (χ0v) is 14.1. The lowest BCUT2D eigenvalue weighted by molar-refractivity contribution is -0.153. The van der Waals surface area contributed by atoms with Crippen LogP contribution in [0, 0.1) is 6.92 Å². The van der Waals surface area contributed by atoms with Crippen molar-refractivity contribution in [2.45, 2.75) is 51.6 Å². The van der Waals surface area contributed by atoms with Gasteiger partial charge in [-0.05, 0) is 46.2 Å². The van der Waals surface area contributed by atoms with E-state index in [1.54, 1.807) is 19.9 Å². The Morgan fingerprint density at radius 2 is 1.95 bits per heavy atom. The number of nitrogens with zero attached hydrogens (tertiary/aromatic N) is 1. The maximum atomic E-state index is 12.1. The van der Waals surface area contributed by atoms with Gasteiger partial charge in [-0.15, -0.1) is 4.72 Å². The third kappa shape index (κ3) is 6.02. The van der Waals surface area contributed by atoms with E-state index in [2.05, 4.69) is 9.71 Å². The molecular weight excluding hydrogens is 317 g/mol. The molecule has 1 rings (SSSR count). The molecule has 0 bridgehead atoms. The molecule has 1 N–H and O–H groups in total. The Kier molecular flexibility index (Phi) is 6.11. The normalized spacial score (nSPS) is 15.5. The number of hydrogen-bond donors (Lipinski definition) is 1. The van der Waals surface area contributed by atoms with Gasteiger partial charge in [0.15, 0.2) is 6.61 Å². The Balaban J connectivity index is 2.76. The van der Waals surface area contributed by atoms with E-state index >= 15 is 0 Å². The van der Waals surface area contributed by atoms with E-state index in [1.807, 2.05) is 20.8 Å². The van der Waals surface area contributed by atoms with E-state index in [-0.39, 0.29) is 11.8 Å². The third-order valence-electron chi connectivity index (χ3n) is 2.76. The molecule has 22 heavy (non-hydrogen) atoms. The average Bonchev–Trinajstić information content (AvgIpc) is 2.34. The Hall–Kier alpha value is -0.990. The summed E-state index contributed by atoms with van der Waals surface area (Å²) in [6, 6.07) is 1.33. The van der Waals surface area contributed by atoms with Crippen LogP contribution in [0.25, 0.3) is 0 Å². The molecule has 0 saturated carbocycles. The molecule has 0 aliphatic heterocycles. The van der Waals surface area contributed by atoms with Crippen LogP contribution >= 0.6 is 0 Å². The second-order valence-electron chi connectivity index (χ2n) is 6.00. The van der Waals surface area contributed by atoms with E-state index in [0.717, 1.165) is 0 Å². The summed E-state index contributed by atoms with van der Waals surface area (Å²) in [4.78, 5) is 4.09. The van der Waals surface area contributed by atoms with Gasteiger partial charge in [0.05, 0.1) is 17.9 Å². The summed E-state index contributed by atoms with van der Waals surface area (Å²) in [5.41, 5.74) is 1.14. The van der Waals surface area contributed by atoms with Gasteiger partial charge < -0.3 is 9.29 Å². The lowest BCUT2D eigenvalue weighted by Gasteiger charge is -2.26. The third-order valence-corrected chi connectivity index (χ3v) is 4.44. The van der Waals surface area contributed by atoms with Gasteiger partial charge in [0.1, 0.15) is 10.5 Å². The molecule has 0 aromatic carbocycles. The van der Waals surface area contributed by atoms with Crippen molar-refractivity contribution in [1.82, 2.24) is 9.71 Å². The van der Waals surface area contributed by atoms with E-state index in [9.17, 15) is 17.7 Å². The van der Waals surface area contributed by atoms with Crippen LogP contribution in [0.15, 0.2) is 12.3 Å². The molecule has 0 radical (unpaired) electrons. The van der Waals surface area contributed by atoms with Gasteiger partial charge in [-0.2, -0.15) is 13.2 Å². The molecule has 0 spiro atoms. The molecule has 1 unspecified atom stereocenters. The highest BCUT2D eigenvalue weighted by atomic mass is 32.2. The van der Waals surface area contributed by atoms with Crippen molar-refractivity contribution < 1.29 is 22.5 Å². The maximum absolute atomic E-state index is 12.1. The Bertz CT molecular complexity index is 504. The van der Waals surface area contributed by atoms with Crippen molar-refractivity contribution in [2.24, 2.45) is 0 Å². The highest BCUT2D eigenvalue weighted by molar-refractivity contribution is 7.90. The molecule has 126 valence electrons. The molecular formula is C14H21F3N2O2S. The number of aryl methyl sites for hydroxylation is 1. The number of halogens is 3. The SMILES string of the molecule is Cc1cc(C(C)N[S@+]([O-])C(C)(C)C)ncc1OCC(F)(F)F. The van der Waals surface area contributed by atoms with Crippen molar-refractivity contribution in [2.75, 3.05) is 6.61 Å². The minimum atomic E-state index is -4.39. The molecule has 8 heteroatoms. The van der Waals surface area contributed by atoms with Gasteiger partial charge in [0.25, 0.3) is 0 Å². The van der Waals surface area contributed by atoms with Crippen LogP contribution in [0.4, 0.5) is 13.2 Å². The summed E-state index contributed by atoms with van der Waals surface area (Å²) in [6.07, 6.45) is -3.13. The number of nitrogens with one attached hydrogen (secondary N) is 1. The highest BCUT2D eigenvalue weighted by Gasteiger charge is 2.30. The van der Waals surface area contributed by atoms with E-state index in [4.69, 9.17) is 4.74 Å². The van der Waals surface area contributed by atoms with Crippen LogP contribution in [0.5, 0.6) is 5.75 Å². The fraction of sp³-hybridized carbons (Fsp3) is 0.643. The monoisotopic (exact) mass is 338 g/mol.